The fourth-order valence-electron chi connectivity index (χ4n) is 3.98. The largest absolute Gasteiger partial charge is 0.394 e. The minimum Gasteiger partial charge on any atom is -0.394 e. The second-order valence-corrected chi connectivity index (χ2v) is 7.98. The molecule has 0 saturated carbocycles. The van der Waals surface area contributed by atoms with Crippen molar-refractivity contribution in [3.8, 4) is 22.4 Å². The van der Waals surface area contributed by atoms with Crippen LogP contribution in [-0.4, -0.2) is 48.9 Å². The monoisotopic (exact) mass is 440 g/mol. The molecule has 1 N–H and O–H groups in total. The number of anilines is 1. The summed E-state index contributed by atoms with van der Waals surface area (Å²) >= 11 is 12.5. The highest BCUT2D eigenvalue weighted by Crippen LogP contribution is 2.38. The van der Waals surface area contributed by atoms with E-state index in [-0.39, 0.29) is 12.6 Å². The first-order chi connectivity index (χ1) is 14.7. The van der Waals surface area contributed by atoms with Crippen molar-refractivity contribution in [2.45, 2.75) is 18.9 Å². The number of halogens is 2. The zero-order chi connectivity index (χ0) is 20.7. The molecule has 1 aliphatic heterocycles. The number of aromatic nitrogens is 5. The number of fused-ring (bicyclic) bond motifs is 1. The van der Waals surface area contributed by atoms with E-state index in [1.807, 2.05) is 24.3 Å². The molecule has 1 atom stereocenters. The summed E-state index contributed by atoms with van der Waals surface area (Å²) in [6, 6.07) is 9.30. The first-order valence-electron chi connectivity index (χ1n) is 9.64. The van der Waals surface area contributed by atoms with Crippen molar-refractivity contribution in [3.63, 3.8) is 0 Å². The van der Waals surface area contributed by atoms with E-state index in [4.69, 9.17) is 28.2 Å². The van der Waals surface area contributed by atoms with Crippen molar-refractivity contribution in [2.24, 2.45) is 0 Å². The van der Waals surface area contributed by atoms with Gasteiger partial charge in [-0.05, 0) is 42.7 Å². The Morgan fingerprint density at radius 2 is 1.90 bits per heavy atom. The third kappa shape index (κ3) is 3.19. The molecule has 0 spiro atoms. The van der Waals surface area contributed by atoms with Gasteiger partial charge in [0.25, 0.3) is 0 Å². The molecule has 7 nitrogen and oxygen atoms in total. The fourth-order valence-corrected chi connectivity index (χ4v) is 4.28. The van der Waals surface area contributed by atoms with Gasteiger partial charge in [0.1, 0.15) is 6.33 Å². The highest BCUT2D eigenvalue weighted by Gasteiger charge is 2.29. The Labute approximate surface area is 182 Å². The van der Waals surface area contributed by atoms with Crippen molar-refractivity contribution in [1.29, 1.82) is 0 Å². The van der Waals surface area contributed by atoms with Crippen molar-refractivity contribution >= 4 is 34.8 Å². The van der Waals surface area contributed by atoms with Crippen LogP contribution in [0.4, 0.5) is 5.95 Å². The molecule has 1 aliphatic rings. The summed E-state index contributed by atoms with van der Waals surface area (Å²) in [6.45, 7) is 0.867. The summed E-state index contributed by atoms with van der Waals surface area (Å²) in [6.07, 6.45) is 6.88. The number of hydrogen-bond donors (Lipinski definition) is 1. The predicted octanol–water partition coefficient (Wildman–Crippen LogP) is 4.12. The van der Waals surface area contributed by atoms with Crippen LogP contribution in [0.15, 0.2) is 49.1 Å². The SMILES string of the molecule is OC[C@H]1CCCN1c1nc(-c2ccncc2)c(-c2ccc(Cl)c(Cl)c2)c2ncnn12. The summed E-state index contributed by atoms with van der Waals surface area (Å²) in [4.78, 5) is 15.8. The third-order valence-electron chi connectivity index (χ3n) is 5.42. The van der Waals surface area contributed by atoms with Gasteiger partial charge in [0, 0.05) is 24.5 Å². The van der Waals surface area contributed by atoms with Crippen molar-refractivity contribution in [1.82, 2.24) is 24.6 Å². The van der Waals surface area contributed by atoms with Gasteiger partial charge < -0.3 is 10.0 Å². The van der Waals surface area contributed by atoms with E-state index >= 15 is 0 Å². The first-order valence-corrected chi connectivity index (χ1v) is 10.4. The maximum atomic E-state index is 9.85. The first kappa shape index (κ1) is 19.2. The van der Waals surface area contributed by atoms with Crippen LogP contribution in [0.5, 0.6) is 0 Å². The van der Waals surface area contributed by atoms with Crippen molar-refractivity contribution in [3.05, 3.63) is 59.1 Å². The minimum atomic E-state index is 0.00557. The zero-order valence-corrected chi connectivity index (χ0v) is 17.4. The van der Waals surface area contributed by atoms with Gasteiger partial charge in [0.2, 0.25) is 5.95 Å². The molecule has 0 amide bonds. The predicted molar refractivity (Wildman–Crippen MR) is 117 cm³/mol. The quantitative estimate of drug-likeness (QED) is 0.513. The van der Waals surface area contributed by atoms with Crippen LogP contribution in [0, 0.1) is 0 Å². The number of nitrogens with zero attached hydrogens (tertiary/aromatic N) is 6. The molecule has 152 valence electrons. The van der Waals surface area contributed by atoms with Gasteiger partial charge in [-0.25, -0.2) is 9.97 Å². The maximum Gasteiger partial charge on any atom is 0.229 e. The highest BCUT2D eigenvalue weighted by atomic mass is 35.5. The molecule has 3 aromatic heterocycles. The lowest BCUT2D eigenvalue weighted by Crippen LogP contribution is -2.34. The molecule has 4 heterocycles. The Balaban J connectivity index is 1.82. The standard InChI is InChI=1S/C21H18Cl2N6O/c22-16-4-3-14(10-17(16)23)18-19(13-5-7-24-8-6-13)27-21(29-20(18)25-12-26-29)28-9-1-2-15(28)11-30/h3-8,10,12,15,30H,1-2,9,11H2/t15-/m1/s1. The van der Waals surface area contributed by atoms with Crippen LogP contribution in [0.3, 0.4) is 0 Å². The molecule has 0 bridgehead atoms. The van der Waals surface area contributed by atoms with E-state index in [2.05, 4.69) is 20.0 Å². The summed E-state index contributed by atoms with van der Waals surface area (Å²) < 4.78 is 1.73. The van der Waals surface area contributed by atoms with Crippen LogP contribution >= 0.6 is 23.2 Å². The molecule has 0 radical (unpaired) electrons. The van der Waals surface area contributed by atoms with Gasteiger partial charge in [-0.15, -0.1) is 0 Å². The lowest BCUT2D eigenvalue weighted by Gasteiger charge is -2.25. The van der Waals surface area contributed by atoms with E-state index in [0.29, 0.717) is 21.6 Å². The number of rotatable bonds is 4. The Bertz CT molecular complexity index is 1210. The molecule has 9 heteroatoms. The molecule has 5 rings (SSSR count). The smallest absolute Gasteiger partial charge is 0.229 e. The average molecular weight is 441 g/mol. The Morgan fingerprint density at radius 1 is 1.07 bits per heavy atom. The normalized spacial score (nSPS) is 16.5. The van der Waals surface area contributed by atoms with Crippen LogP contribution in [-0.2, 0) is 0 Å². The topological polar surface area (TPSA) is 79.4 Å². The Hall–Kier alpha value is -2.74. The number of aliphatic hydroxyl groups excluding tert-OH is 1. The summed E-state index contributed by atoms with van der Waals surface area (Å²) in [5.41, 5.74) is 3.95. The van der Waals surface area contributed by atoms with E-state index < -0.39 is 0 Å². The molecule has 0 unspecified atom stereocenters. The van der Waals surface area contributed by atoms with Crippen LogP contribution < -0.4 is 4.90 Å². The maximum absolute atomic E-state index is 9.85. The van der Waals surface area contributed by atoms with Crippen LogP contribution in [0.2, 0.25) is 10.0 Å². The van der Waals surface area contributed by atoms with E-state index in [0.717, 1.165) is 41.8 Å². The van der Waals surface area contributed by atoms with E-state index in [1.165, 1.54) is 6.33 Å². The number of benzene rings is 1. The number of hydrogen-bond acceptors (Lipinski definition) is 6. The van der Waals surface area contributed by atoms with Gasteiger partial charge in [-0.1, -0.05) is 29.3 Å². The number of pyridine rings is 1. The molecule has 0 aliphatic carbocycles. The van der Waals surface area contributed by atoms with Crippen molar-refractivity contribution < 1.29 is 5.11 Å². The van der Waals surface area contributed by atoms with E-state index in [9.17, 15) is 5.11 Å². The summed E-state index contributed by atoms with van der Waals surface area (Å²) in [5, 5.41) is 15.2. The van der Waals surface area contributed by atoms with E-state index in [1.54, 1.807) is 23.0 Å². The van der Waals surface area contributed by atoms with Crippen LogP contribution in [0.25, 0.3) is 28.0 Å². The number of aliphatic hydroxyl groups is 1. The van der Waals surface area contributed by atoms with Crippen molar-refractivity contribution in [2.75, 3.05) is 18.1 Å². The molecule has 1 aromatic carbocycles. The average Bonchev–Trinajstić information content (AvgIpc) is 3.45. The lowest BCUT2D eigenvalue weighted by molar-refractivity contribution is 0.265. The zero-order valence-electron chi connectivity index (χ0n) is 15.9. The van der Waals surface area contributed by atoms with Gasteiger partial charge in [-0.3, -0.25) is 4.98 Å². The van der Waals surface area contributed by atoms with Gasteiger partial charge in [0.05, 0.1) is 34.0 Å². The highest BCUT2D eigenvalue weighted by molar-refractivity contribution is 6.42. The summed E-state index contributed by atoms with van der Waals surface area (Å²) in [7, 11) is 0. The van der Waals surface area contributed by atoms with Crippen LogP contribution in [0.1, 0.15) is 12.8 Å². The molecule has 1 fully saturated rings. The Morgan fingerprint density at radius 3 is 2.67 bits per heavy atom. The second kappa shape index (κ2) is 7.83. The van der Waals surface area contributed by atoms with Gasteiger partial charge in [-0.2, -0.15) is 9.61 Å². The molecule has 1 saturated heterocycles. The Kier molecular flexibility index (Phi) is 5.02. The molecular formula is C21H18Cl2N6O. The second-order valence-electron chi connectivity index (χ2n) is 7.17. The van der Waals surface area contributed by atoms with Gasteiger partial charge >= 0.3 is 0 Å². The third-order valence-corrected chi connectivity index (χ3v) is 6.16. The molecular weight excluding hydrogens is 423 g/mol. The minimum absolute atomic E-state index is 0.00557. The molecule has 4 aromatic rings. The lowest BCUT2D eigenvalue weighted by atomic mass is 10.0. The van der Waals surface area contributed by atoms with Gasteiger partial charge in [0.15, 0.2) is 5.65 Å². The summed E-state index contributed by atoms with van der Waals surface area (Å²) in [5.74, 6) is 0.662. The molecule has 30 heavy (non-hydrogen) atoms. The fraction of sp³-hybridized carbons (Fsp3) is 0.238.